The van der Waals surface area contributed by atoms with E-state index in [4.69, 9.17) is 15.0 Å². The van der Waals surface area contributed by atoms with Gasteiger partial charge in [0.15, 0.2) is 6.10 Å². The topological polar surface area (TPSA) is 98.2 Å². The number of carbonyl (C=O) groups excluding carboxylic acids is 2. The van der Waals surface area contributed by atoms with E-state index in [1.54, 1.807) is 13.0 Å². The van der Waals surface area contributed by atoms with Gasteiger partial charge in [0.1, 0.15) is 12.9 Å². The normalized spacial score (nSPS) is 21.4. The zero-order chi connectivity index (χ0) is 14.4. The maximum atomic E-state index is 12.1. The van der Waals surface area contributed by atoms with Gasteiger partial charge in [-0.15, -0.1) is 0 Å². The Morgan fingerprint density at radius 2 is 2.11 bits per heavy atom. The van der Waals surface area contributed by atoms with Crippen LogP contribution in [0.3, 0.4) is 0 Å². The summed E-state index contributed by atoms with van der Waals surface area (Å²) in [4.78, 5) is 26.2. The quantitative estimate of drug-likeness (QED) is 0.180. The molecule has 0 amide bonds. The number of rotatable bonds is 5. The minimum absolute atomic E-state index is 0.0631. The molecular weight excluding hydrogens is 252 g/mol. The molecule has 0 aliphatic carbocycles. The van der Waals surface area contributed by atoms with Gasteiger partial charge in [0.2, 0.25) is 0 Å². The lowest BCUT2D eigenvalue weighted by atomic mass is 10.0. The molecule has 1 aliphatic rings. The lowest BCUT2D eigenvalue weighted by Crippen LogP contribution is -2.40. The van der Waals surface area contributed by atoms with Crippen molar-refractivity contribution in [2.24, 2.45) is 0 Å². The van der Waals surface area contributed by atoms with Crippen molar-refractivity contribution in [3.63, 3.8) is 0 Å². The van der Waals surface area contributed by atoms with E-state index >= 15 is 0 Å². The zero-order valence-corrected chi connectivity index (χ0v) is 11.1. The summed E-state index contributed by atoms with van der Waals surface area (Å²) in [6.07, 6.45) is 0.0873. The molecule has 1 rings (SSSR count). The highest BCUT2D eigenvalue weighted by Crippen LogP contribution is 2.17. The first-order chi connectivity index (χ1) is 9.01. The molecule has 1 heterocycles. The number of ketones is 1. The third-order valence-corrected chi connectivity index (χ3v) is 2.36. The monoisotopic (exact) mass is 268 g/mol. The van der Waals surface area contributed by atoms with Gasteiger partial charge in [-0.1, -0.05) is 11.6 Å². The third-order valence-electron chi connectivity index (χ3n) is 2.36. The van der Waals surface area contributed by atoms with Crippen LogP contribution < -0.4 is 0 Å². The second kappa shape index (κ2) is 6.94. The number of allylic oxidation sites excluding steroid dienone is 1. The van der Waals surface area contributed by atoms with Crippen molar-refractivity contribution in [2.45, 2.75) is 33.0 Å². The standard InChI is InChI=1S/C12H16N2O5/c1-4-17-12(16)9(14-13)10(15)11-8(5-7(2)3)18-6-19-11/h5,8,11H,4,6H2,1-3H3/t8-,11-/m0/s1. The minimum Gasteiger partial charge on any atom is -0.457 e. The highest BCUT2D eigenvalue weighted by Gasteiger charge is 2.44. The molecule has 1 saturated heterocycles. The lowest BCUT2D eigenvalue weighted by Gasteiger charge is -2.10. The zero-order valence-electron chi connectivity index (χ0n) is 11.1. The molecule has 7 nitrogen and oxygen atoms in total. The van der Waals surface area contributed by atoms with Crippen LogP contribution in [0.2, 0.25) is 0 Å². The van der Waals surface area contributed by atoms with E-state index < -0.39 is 29.7 Å². The Kier molecular flexibility index (Phi) is 5.57. The van der Waals surface area contributed by atoms with Crippen molar-refractivity contribution < 1.29 is 28.6 Å². The van der Waals surface area contributed by atoms with Crippen LogP contribution in [0, 0.1) is 0 Å². The number of ether oxygens (including phenoxy) is 3. The number of carbonyl (C=O) groups is 2. The second-order valence-corrected chi connectivity index (χ2v) is 4.11. The van der Waals surface area contributed by atoms with Crippen LogP contribution in [-0.4, -0.2) is 47.9 Å². The maximum Gasteiger partial charge on any atom is 0.444 e. The van der Waals surface area contributed by atoms with E-state index in [9.17, 15) is 9.59 Å². The molecule has 0 N–H and O–H groups in total. The lowest BCUT2D eigenvalue weighted by molar-refractivity contribution is -0.143. The molecular formula is C12H16N2O5. The van der Waals surface area contributed by atoms with Crippen molar-refractivity contribution in [1.29, 1.82) is 0 Å². The molecule has 0 aromatic rings. The van der Waals surface area contributed by atoms with Crippen molar-refractivity contribution in [2.75, 3.05) is 13.4 Å². The molecule has 0 bridgehead atoms. The molecule has 104 valence electrons. The van der Waals surface area contributed by atoms with E-state index in [0.29, 0.717) is 0 Å². The Morgan fingerprint density at radius 3 is 2.63 bits per heavy atom. The van der Waals surface area contributed by atoms with Gasteiger partial charge in [0.25, 0.3) is 5.78 Å². The average molecular weight is 268 g/mol. The summed E-state index contributed by atoms with van der Waals surface area (Å²) < 4.78 is 15.0. The van der Waals surface area contributed by atoms with Gasteiger partial charge in [-0.25, -0.2) is 4.79 Å². The van der Waals surface area contributed by atoms with Crippen LogP contribution >= 0.6 is 0 Å². The highest BCUT2D eigenvalue weighted by molar-refractivity contribution is 6.63. The molecule has 7 heteroatoms. The summed E-state index contributed by atoms with van der Waals surface area (Å²) in [6.45, 7) is 5.28. The summed E-state index contributed by atoms with van der Waals surface area (Å²) in [7, 11) is 0. The number of esters is 1. The Labute approximate surface area is 110 Å². The fourth-order valence-electron chi connectivity index (χ4n) is 1.59. The van der Waals surface area contributed by atoms with E-state index in [0.717, 1.165) is 5.57 Å². The Bertz CT molecular complexity index is 447. The number of Topliss-reactive ketones (excluding diaryl/α,β-unsaturated/α-hetero) is 1. The highest BCUT2D eigenvalue weighted by atomic mass is 16.7. The first kappa shape index (κ1) is 15.2. The molecule has 0 radical (unpaired) electrons. The first-order valence-electron chi connectivity index (χ1n) is 5.82. The van der Waals surface area contributed by atoms with Crippen LogP contribution in [-0.2, 0) is 23.8 Å². The van der Waals surface area contributed by atoms with Gasteiger partial charge in [-0.05, 0) is 20.8 Å². The molecule has 1 fully saturated rings. The molecule has 19 heavy (non-hydrogen) atoms. The number of hydrogen-bond acceptors (Lipinski definition) is 5. The summed E-state index contributed by atoms with van der Waals surface area (Å²) in [5, 5.41) is 0. The fraction of sp³-hybridized carbons (Fsp3) is 0.583. The second-order valence-electron chi connectivity index (χ2n) is 4.11. The minimum atomic E-state index is -1.01. The predicted octanol–water partition coefficient (Wildman–Crippen LogP) is 0.497. The van der Waals surface area contributed by atoms with Crippen LogP contribution in [0.4, 0.5) is 0 Å². The SMILES string of the molecule is CCOC(=O)C(=[N+]=[N-])C(=O)[C@H]1OCO[C@H]1C=C(C)C. The molecule has 0 unspecified atom stereocenters. The smallest absolute Gasteiger partial charge is 0.444 e. The molecule has 0 spiro atoms. The van der Waals surface area contributed by atoms with E-state index in [-0.39, 0.29) is 13.4 Å². The largest absolute Gasteiger partial charge is 0.457 e. The first-order valence-corrected chi connectivity index (χ1v) is 5.82. The van der Waals surface area contributed by atoms with E-state index in [1.165, 1.54) is 0 Å². The number of nitrogens with zero attached hydrogens (tertiary/aromatic N) is 2. The predicted molar refractivity (Wildman–Crippen MR) is 64.3 cm³/mol. The van der Waals surface area contributed by atoms with Gasteiger partial charge < -0.3 is 19.7 Å². The van der Waals surface area contributed by atoms with Gasteiger partial charge in [-0.3, -0.25) is 4.79 Å². The number of hydrogen-bond donors (Lipinski definition) is 0. The average Bonchev–Trinajstić information content (AvgIpc) is 2.77. The fourth-order valence-corrected chi connectivity index (χ4v) is 1.59. The van der Waals surface area contributed by atoms with Crippen molar-refractivity contribution in [3.05, 3.63) is 17.2 Å². The van der Waals surface area contributed by atoms with Crippen molar-refractivity contribution in [3.8, 4) is 0 Å². The van der Waals surface area contributed by atoms with Crippen molar-refractivity contribution >= 4 is 17.5 Å². The molecule has 1 aliphatic heterocycles. The van der Waals surface area contributed by atoms with Crippen molar-refractivity contribution in [1.82, 2.24) is 0 Å². The van der Waals surface area contributed by atoms with Crippen LogP contribution in [0.15, 0.2) is 11.6 Å². The summed E-state index contributed by atoms with van der Waals surface area (Å²) in [6, 6.07) is 0. The van der Waals surface area contributed by atoms with E-state index in [1.807, 2.05) is 13.8 Å². The molecule has 0 saturated carbocycles. The summed E-state index contributed by atoms with van der Waals surface area (Å²) >= 11 is 0. The van der Waals surface area contributed by atoms with Gasteiger partial charge in [0, 0.05) is 0 Å². The van der Waals surface area contributed by atoms with Crippen LogP contribution in [0.25, 0.3) is 5.53 Å². The molecule has 0 aromatic heterocycles. The molecule has 0 aromatic carbocycles. The Morgan fingerprint density at radius 1 is 1.42 bits per heavy atom. The Balaban J connectivity index is 2.89. The van der Waals surface area contributed by atoms with Gasteiger partial charge in [-0.2, -0.15) is 4.79 Å². The van der Waals surface area contributed by atoms with Crippen LogP contribution in [0.5, 0.6) is 0 Å². The summed E-state index contributed by atoms with van der Waals surface area (Å²) in [5.41, 5.74) is 9.02. The molecule has 2 atom stereocenters. The summed E-state index contributed by atoms with van der Waals surface area (Å²) in [5.74, 6) is -1.75. The van der Waals surface area contributed by atoms with Crippen LogP contribution in [0.1, 0.15) is 20.8 Å². The van der Waals surface area contributed by atoms with Gasteiger partial charge >= 0.3 is 11.7 Å². The maximum absolute atomic E-state index is 12.1. The third kappa shape index (κ3) is 3.82. The van der Waals surface area contributed by atoms with E-state index in [2.05, 4.69) is 9.53 Å². The Hall–Kier alpha value is -1.82. The van der Waals surface area contributed by atoms with Gasteiger partial charge in [0.05, 0.1) is 6.61 Å².